The van der Waals surface area contributed by atoms with E-state index in [2.05, 4.69) is 19.2 Å². The zero-order valence-corrected chi connectivity index (χ0v) is 12.0. The largest absolute Gasteiger partial charge is 0.371 e. The highest BCUT2D eigenvalue weighted by atomic mass is 19.1. The first kappa shape index (κ1) is 15.1. The fraction of sp³-hybridized carbons (Fsp3) is 0.600. The van der Waals surface area contributed by atoms with Gasteiger partial charge in [0.25, 0.3) is 0 Å². The van der Waals surface area contributed by atoms with Crippen LogP contribution in [0.3, 0.4) is 0 Å². The Balaban J connectivity index is 2.69. The number of hydrogen-bond donors (Lipinski definition) is 1. The Morgan fingerprint density at radius 3 is 2.50 bits per heavy atom. The summed E-state index contributed by atoms with van der Waals surface area (Å²) < 4.78 is 19.3. The second-order valence-corrected chi connectivity index (χ2v) is 5.86. The molecular weight excluding hydrogens is 229 g/mol. The Labute approximate surface area is 110 Å². The van der Waals surface area contributed by atoms with Gasteiger partial charge in [-0.1, -0.05) is 19.9 Å². The standard InChI is InChI=1S/C15H24FNO/c1-11(2)17-9-12-6-7-14(16)13(8-12)10-18-15(3,4)5/h6-8,11,17H,9-10H2,1-5H3. The minimum absolute atomic E-state index is 0.201. The minimum atomic E-state index is -0.251. The molecule has 1 rings (SSSR count). The third kappa shape index (κ3) is 5.61. The van der Waals surface area contributed by atoms with Gasteiger partial charge in [-0.3, -0.25) is 0 Å². The van der Waals surface area contributed by atoms with E-state index in [1.807, 2.05) is 32.9 Å². The lowest BCUT2D eigenvalue weighted by Gasteiger charge is -2.20. The van der Waals surface area contributed by atoms with Gasteiger partial charge in [-0.05, 0) is 38.5 Å². The molecule has 0 amide bonds. The van der Waals surface area contributed by atoms with E-state index in [1.54, 1.807) is 0 Å². The maximum atomic E-state index is 13.6. The summed E-state index contributed by atoms with van der Waals surface area (Å²) in [6, 6.07) is 5.62. The summed E-state index contributed by atoms with van der Waals surface area (Å²) in [6.07, 6.45) is 0. The lowest BCUT2D eigenvalue weighted by atomic mass is 10.1. The summed E-state index contributed by atoms with van der Waals surface area (Å²) in [6.45, 7) is 11.1. The molecule has 3 heteroatoms. The molecule has 0 bridgehead atoms. The van der Waals surface area contributed by atoms with Crippen LogP contribution in [0.5, 0.6) is 0 Å². The SMILES string of the molecule is CC(C)NCc1ccc(F)c(COC(C)(C)C)c1. The van der Waals surface area contributed by atoms with Crippen molar-refractivity contribution in [1.29, 1.82) is 0 Å². The van der Waals surface area contributed by atoms with Crippen molar-refractivity contribution in [3.8, 4) is 0 Å². The molecule has 0 aliphatic heterocycles. The number of rotatable bonds is 5. The maximum Gasteiger partial charge on any atom is 0.128 e. The normalized spacial score (nSPS) is 12.2. The predicted octanol–water partition coefficient (Wildman–Crippen LogP) is 3.64. The van der Waals surface area contributed by atoms with Gasteiger partial charge in [0, 0.05) is 18.2 Å². The van der Waals surface area contributed by atoms with E-state index in [9.17, 15) is 4.39 Å². The molecule has 0 radical (unpaired) electrons. The fourth-order valence-electron chi connectivity index (χ4n) is 1.46. The van der Waals surface area contributed by atoms with Crippen LogP contribution in [0.1, 0.15) is 45.7 Å². The van der Waals surface area contributed by atoms with Crippen molar-refractivity contribution in [2.75, 3.05) is 0 Å². The molecular formula is C15H24FNO. The van der Waals surface area contributed by atoms with E-state index in [1.165, 1.54) is 6.07 Å². The van der Waals surface area contributed by atoms with Gasteiger partial charge in [-0.2, -0.15) is 0 Å². The van der Waals surface area contributed by atoms with Gasteiger partial charge in [0.05, 0.1) is 12.2 Å². The van der Waals surface area contributed by atoms with Crippen LogP contribution >= 0.6 is 0 Å². The Morgan fingerprint density at radius 1 is 1.28 bits per heavy atom. The van der Waals surface area contributed by atoms with Crippen molar-refractivity contribution in [2.45, 2.75) is 59.4 Å². The molecule has 0 aromatic heterocycles. The Bertz CT molecular complexity index is 383. The lowest BCUT2D eigenvalue weighted by Crippen LogP contribution is -2.22. The Hall–Kier alpha value is -0.930. The highest BCUT2D eigenvalue weighted by Gasteiger charge is 2.12. The second kappa shape index (κ2) is 6.30. The molecule has 0 heterocycles. The summed E-state index contributed by atoms with van der Waals surface area (Å²) in [4.78, 5) is 0. The first-order valence-electron chi connectivity index (χ1n) is 6.42. The van der Waals surface area contributed by atoms with Crippen molar-refractivity contribution in [1.82, 2.24) is 5.32 Å². The van der Waals surface area contributed by atoms with E-state index >= 15 is 0 Å². The number of nitrogens with one attached hydrogen (secondary N) is 1. The van der Waals surface area contributed by atoms with Crippen LogP contribution in [0.15, 0.2) is 18.2 Å². The van der Waals surface area contributed by atoms with Crippen LogP contribution in [0, 0.1) is 5.82 Å². The number of hydrogen-bond acceptors (Lipinski definition) is 2. The molecule has 0 saturated heterocycles. The van der Waals surface area contributed by atoms with Crippen molar-refractivity contribution in [3.63, 3.8) is 0 Å². The quantitative estimate of drug-likeness (QED) is 0.865. The highest BCUT2D eigenvalue weighted by molar-refractivity contribution is 5.24. The first-order valence-corrected chi connectivity index (χ1v) is 6.42. The second-order valence-electron chi connectivity index (χ2n) is 5.86. The zero-order valence-electron chi connectivity index (χ0n) is 12.0. The van der Waals surface area contributed by atoms with Gasteiger partial charge in [0.2, 0.25) is 0 Å². The van der Waals surface area contributed by atoms with E-state index < -0.39 is 0 Å². The molecule has 102 valence electrons. The number of ether oxygens (including phenoxy) is 1. The molecule has 2 nitrogen and oxygen atoms in total. The molecule has 18 heavy (non-hydrogen) atoms. The molecule has 0 atom stereocenters. The van der Waals surface area contributed by atoms with Crippen LogP contribution in [-0.4, -0.2) is 11.6 Å². The van der Waals surface area contributed by atoms with Crippen molar-refractivity contribution < 1.29 is 9.13 Å². The molecule has 0 fully saturated rings. The third-order valence-electron chi connectivity index (χ3n) is 2.49. The van der Waals surface area contributed by atoms with Crippen molar-refractivity contribution in [2.24, 2.45) is 0 Å². The van der Waals surface area contributed by atoms with Gasteiger partial charge >= 0.3 is 0 Å². The minimum Gasteiger partial charge on any atom is -0.371 e. The third-order valence-corrected chi connectivity index (χ3v) is 2.49. The molecule has 1 N–H and O–H groups in total. The van der Waals surface area contributed by atoms with Gasteiger partial charge in [0.15, 0.2) is 0 Å². The number of benzene rings is 1. The van der Waals surface area contributed by atoms with Crippen molar-refractivity contribution in [3.05, 3.63) is 35.1 Å². The first-order chi connectivity index (χ1) is 8.28. The monoisotopic (exact) mass is 253 g/mol. The Morgan fingerprint density at radius 2 is 1.94 bits per heavy atom. The lowest BCUT2D eigenvalue weighted by molar-refractivity contribution is -0.0161. The summed E-state index contributed by atoms with van der Waals surface area (Å²) in [7, 11) is 0. The van der Waals surface area contributed by atoms with Crippen molar-refractivity contribution >= 4 is 0 Å². The average molecular weight is 253 g/mol. The van der Waals surface area contributed by atoms with E-state index in [0.717, 1.165) is 12.1 Å². The van der Waals surface area contributed by atoms with Crippen LogP contribution in [0.2, 0.25) is 0 Å². The van der Waals surface area contributed by atoms with Gasteiger partial charge in [-0.15, -0.1) is 0 Å². The maximum absolute atomic E-state index is 13.6. The molecule has 0 aliphatic carbocycles. The van der Waals surface area contributed by atoms with Gasteiger partial charge < -0.3 is 10.1 Å². The van der Waals surface area contributed by atoms with E-state index in [4.69, 9.17) is 4.74 Å². The van der Waals surface area contributed by atoms with Crippen LogP contribution in [0.25, 0.3) is 0 Å². The number of halogens is 1. The fourth-order valence-corrected chi connectivity index (χ4v) is 1.46. The molecule has 0 unspecified atom stereocenters. The van der Waals surface area contributed by atoms with Crippen LogP contribution < -0.4 is 5.32 Å². The predicted molar refractivity (Wildman–Crippen MR) is 72.9 cm³/mol. The summed E-state index contributed by atoms with van der Waals surface area (Å²) in [5, 5.41) is 3.32. The molecule has 0 saturated carbocycles. The smallest absolute Gasteiger partial charge is 0.128 e. The van der Waals surface area contributed by atoms with Gasteiger partial charge in [0.1, 0.15) is 5.82 Å². The summed E-state index contributed by atoms with van der Waals surface area (Å²) in [5.41, 5.74) is 1.45. The summed E-state index contributed by atoms with van der Waals surface area (Å²) >= 11 is 0. The topological polar surface area (TPSA) is 21.3 Å². The molecule has 0 aliphatic rings. The van der Waals surface area contributed by atoms with E-state index in [-0.39, 0.29) is 11.4 Å². The molecule has 1 aromatic carbocycles. The average Bonchev–Trinajstić information content (AvgIpc) is 2.25. The van der Waals surface area contributed by atoms with Crippen LogP contribution in [-0.2, 0) is 17.9 Å². The highest BCUT2D eigenvalue weighted by Crippen LogP contribution is 2.16. The van der Waals surface area contributed by atoms with E-state index in [0.29, 0.717) is 18.2 Å². The van der Waals surface area contributed by atoms with Crippen LogP contribution in [0.4, 0.5) is 4.39 Å². The molecule has 0 spiro atoms. The molecule has 1 aromatic rings. The Kier molecular flexibility index (Phi) is 5.29. The van der Waals surface area contributed by atoms with Gasteiger partial charge in [-0.25, -0.2) is 4.39 Å². The zero-order chi connectivity index (χ0) is 13.8. The summed E-state index contributed by atoms with van der Waals surface area (Å²) in [5.74, 6) is -0.201.